The number of nitrogens with zero attached hydrogens (tertiary/aromatic N) is 3. The molecule has 2 aromatic heterocycles. The third kappa shape index (κ3) is 7.06. The molecule has 12 nitrogen and oxygen atoms in total. The summed E-state index contributed by atoms with van der Waals surface area (Å²) >= 11 is 0. The lowest BCUT2D eigenvalue weighted by atomic mass is 10.1. The van der Waals surface area contributed by atoms with Gasteiger partial charge in [0.15, 0.2) is 11.9 Å². The minimum absolute atomic E-state index is 0.0304. The second kappa shape index (κ2) is 12.5. The normalized spacial score (nSPS) is 10.9. The van der Waals surface area contributed by atoms with E-state index in [2.05, 4.69) is 31.7 Å². The van der Waals surface area contributed by atoms with Gasteiger partial charge in [0.05, 0.1) is 6.54 Å². The highest BCUT2D eigenvalue weighted by Crippen LogP contribution is 2.25. The molecule has 2 heterocycles. The van der Waals surface area contributed by atoms with Crippen molar-refractivity contribution < 1.29 is 9.59 Å². The van der Waals surface area contributed by atoms with E-state index in [4.69, 9.17) is 22.9 Å². The second-order valence-corrected chi connectivity index (χ2v) is 9.09. The zero-order valence-electron chi connectivity index (χ0n) is 21.6. The maximum atomic E-state index is 13.3. The molecule has 0 atom stereocenters. The molecule has 0 fully saturated rings. The predicted molar refractivity (Wildman–Crippen MR) is 155 cm³/mol. The molecule has 0 aliphatic carbocycles. The summed E-state index contributed by atoms with van der Waals surface area (Å²) in [6.45, 7) is 1.65. The van der Waals surface area contributed by atoms with Gasteiger partial charge in [-0.15, -0.1) is 0 Å². The fourth-order valence-corrected chi connectivity index (χ4v) is 4.46. The van der Waals surface area contributed by atoms with Gasteiger partial charge in [-0.3, -0.25) is 19.6 Å². The number of aromatic nitrogens is 2. The number of guanidine groups is 2. The Morgan fingerprint density at radius 2 is 1.72 bits per heavy atom. The van der Waals surface area contributed by atoms with Crippen molar-refractivity contribution in [2.45, 2.75) is 25.8 Å². The molecule has 0 saturated heterocycles. The lowest BCUT2D eigenvalue weighted by molar-refractivity contribution is -0.116. The van der Waals surface area contributed by atoms with Crippen LogP contribution in [-0.4, -0.2) is 52.9 Å². The van der Waals surface area contributed by atoms with E-state index in [9.17, 15) is 9.59 Å². The average Bonchev–Trinajstić information content (AvgIpc) is 3.47. The van der Waals surface area contributed by atoms with Gasteiger partial charge in [0, 0.05) is 59.7 Å². The highest BCUT2D eigenvalue weighted by Gasteiger charge is 2.16. The number of carbonyl (C=O) groups excluding carboxylic acids is 2. The molecule has 11 N–H and O–H groups in total. The number of carbonyl (C=O) groups is 2. The summed E-state index contributed by atoms with van der Waals surface area (Å²) in [7, 11) is 0. The molecule has 0 saturated carbocycles. The van der Waals surface area contributed by atoms with Crippen molar-refractivity contribution in [3.63, 3.8) is 0 Å². The van der Waals surface area contributed by atoms with Gasteiger partial charge in [0.2, 0.25) is 5.91 Å². The molecule has 0 aliphatic rings. The predicted octanol–water partition coefficient (Wildman–Crippen LogP) is 1.36. The van der Waals surface area contributed by atoms with E-state index >= 15 is 0 Å². The minimum atomic E-state index is -0.216. The first-order valence-electron chi connectivity index (χ1n) is 12.7. The van der Waals surface area contributed by atoms with Crippen LogP contribution in [0.2, 0.25) is 0 Å². The first kappa shape index (κ1) is 27.0. The van der Waals surface area contributed by atoms with Gasteiger partial charge in [0.25, 0.3) is 5.91 Å². The number of aryl methyl sites for hydroxylation is 1. The fraction of sp³-hybridized carbons (Fsp3) is 0.259. The van der Waals surface area contributed by atoms with E-state index in [0.717, 1.165) is 27.4 Å². The first-order valence-corrected chi connectivity index (χ1v) is 12.7. The van der Waals surface area contributed by atoms with Crippen molar-refractivity contribution in [3.05, 3.63) is 66.0 Å². The Morgan fingerprint density at radius 1 is 0.949 bits per heavy atom. The molecular weight excluding hydrogens is 496 g/mol. The third-order valence-electron chi connectivity index (χ3n) is 6.24. The van der Waals surface area contributed by atoms with Crippen LogP contribution < -0.4 is 33.6 Å². The monoisotopic (exact) mass is 530 g/mol. The van der Waals surface area contributed by atoms with Crippen LogP contribution in [0.15, 0.2) is 64.7 Å². The molecule has 0 spiro atoms. The SMILES string of the molecule is NC(N)=NCCCn1c(C(=O)NCCc2c[nH]c3ccccc23)cc2cc(NC(=O)CCN=C(N)N)ccc21. The highest BCUT2D eigenvalue weighted by atomic mass is 16.2. The molecule has 4 rings (SSSR count). The molecular formula is C27H34N10O2. The Labute approximate surface area is 225 Å². The van der Waals surface area contributed by atoms with Crippen LogP contribution in [0.5, 0.6) is 0 Å². The number of aliphatic imine (C=N–C) groups is 2. The van der Waals surface area contributed by atoms with Crippen molar-refractivity contribution in [2.24, 2.45) is 32.9 Å². The van der Waals surface area contributed by atoms with Crippen LogP contribution in [0.25, 0.3) is 21.8 Å². The van der Waals surface area contributed by atoms with Crippen LogP contribution in [0.4, 0.5) is 5.69 Å². The molecule has 39 heavy (non-hydrogen) atoms. The number of fused-ring (bicyclic) bond motifs is 2. The molecule has 0 radical (unpaired) electrons. The summed E-state index contributed by atoms with van der Waals surface area (Å²) in [6, 6.07) is 15.4. The Morgan fingerprint density at radius 3 is 2.51 bits per heavy atom. The summed E-state index contributed by atoms with van der Waals surface area (Å²) in [5.41, 5.74) is 25.7. The number of amides is 2. The molecule has 204 valence electrons. The number of H-pyrrole nitrogens is 1. The molecule has 2 aromatic carbocycles. The van der Waals surface area contributed by atoms with Crippen molar-refractivity contribution in [2.75, 3.05) is 25.0 Å². The van der Waals surface area contributed by atoms with E-state index in [-0.39, 0.29) is 36.7 Å². The summed E-state index contributed by atoms with van der Waals surface area (Å²) in [4.78, 5) is 36.7. The summed E-state index contributed by atoms with van der Waals surface area (Å²) in [5, 5.41) is 7.86. The number of benzene rings is 2. The number of rotatable bonds is 12. The van der Waals surface area contributed by atoms with Gasteiger partial charge in [-0.25, -0.2) is 0 Å². The maximum Gasteiger partial charge on any atom is 0.267 e. The third-order valence-corrected chi connectivity index (χ3v) is 6.24. The van der Waals surface area contributed by atoms with E-state index in [1.165, 1.54) is 0 Å². The minimum Gasteiger partial charge on any atom is -0.370 e. The van der Waals surface area contributed by atoms with Crippen LogP contribution >= 0.6 is 0 Å². The van der Waals surface area contributed by atoms with Gasteiger partial charge in [-0.2, -0.15) is 0 Å². The number of anilines is 1. The lowest BCUT2D eigenvalue weighted by Crippen LogP contribution is -2.28. The van der Waals surface area contributed by atoms with Crippen LogP contribution in [0.1, 0.15) is 28.9 Å². The number of hydrogen-bond acceptors (Lipinski definition) is 4. The fourth-order valence-electron chi connectivity index (χ4n) is 4.46. The number of nitrogens with one attached hydrogen (secondary N) is 3. The van der Waals surface area contributed by atoms with Gasteiger partial charge in [-0.1, -0.05) is 18.2 Å². The molecule has 0 unspecified atom stereocenters. The van der Waals surface area contributed by atoms with E-state index in [0.29, 0.717) is 43.9 Å². The van der Waals surface area contributed by atoms with Crippen molar-refractivity contribution in [1.29, 1.82) is 0 Å². The molecule has 2 amide bonds. The smallest absolute Gasteiger partial charge is 0.267 e. The van der Waals surface area contributed by atoms with Gasteiger partial charge in [-0.05, 0) is 48.7 Å². The summed E-state index contributed by atoms with van der Waals surface area (Å²) < 4.78 is 1.95. The molecule has 0 bridgehead atoms. The topological polar surface area (TPSA) is 208 Å². The number of aromatic amines is 1. The van der Waals surface area contributed by atoms with Crippen LogP contribution in [0, 0.1) is 0 Å². The van der Waals surface area contributed by atoms with Crippen LogP contribution in [0.3, 0.4) is 0 Å². The number of nitrogens with two attached hydrogens (primary N) is 4. The Bertz CT molecular complexity index is 1520. The van der Waals surface area contributed by atoms with E-state index < -0.39 is 0 Å². The summed E-state index contributed by atoms with van der Waals surface area (Å²) in [6.07, 6.45) is 3.45. The Hall–Kier alpha value is -5.00. The number of hydrogen-bond donors (Lipinski definition) is 7. The molecule has 12 heteroatoms. The quantitative estimate of drug-likeness (QED) is 0.0816. The Balaban J connectivity index is 1.49. The van der Waals surface area contributed by atoms with Gasteiger partial charge in [0.1, 0.15) is 5.69 Å². The highest BCUT2D eigenvalue weighted by molar-refractivity contribution is 6.00. The van der Waals surface area contributed by atoms with Crippen molar-refractivity contribution in [1.82, 2.24) is 14.9 Å². The molecule has 0 aliphatic heterocycles. The second-order valence-electron chi connectivity index (χ2n) is 9.09. The van der Waals surface area contributed by atoms with E-state index in [1.807, 2.05) is 47.2 Å². The lowest BCUT2D eigenvalue weighted by Gasteiger charge is -2.11. The first-order chi connectivity index (χ1) is 18.8. The van der Waals surface area contributed by atoms with Crippen molar-refractivity contribution in [3.8, 4) is 0 Å². The largest absolute Gasteiger partial charge is 0.370 e. The van der Waals surface area contributed by atoms with E-state index in [1.54, 1.807) is 6.07 Å². The Kier molecular flexibility index (Phi) is 8.67. The molecule has 4 aromatic rings. The summed E-state index contributed by atoms with van der Waals surface area (Å²) in [5.74, 6) is -0.428. The zero-order valence-corrected chi connectivity index (χ0v) is 21.6. The number of para-hydroxylation sites is 1. The van der Waals surface area contributed by atoms with Crippen LogP contribution in [-0.2, 0) is 17.8 Å². The zero-order chi connectivity index (χ0) is 27.8. The van der Waals surface area contributed by atoms with Crippen molar-refractivity contribution >= 4 is 51.2 Å². The van der Waals surface area contributed by atoms with Gasteiger partial charge >= 0.3 is 0 Å². The standard InChI is InChI=1S/C27H34N10O2/c28-26(29)33-10-3-13-37-22-7-6-19(36-24(38)9-12-34-27(30)31)14-18(22)15-23(37)25(39)32-11-8-17-16-35-21-5-2-1-4-20(17)21/h1-2,4-7,14-16,35H,3,8-13H2,(H,32,39)(H,36,38)(H4,28,29,33)(H4,30,31,34). The van der Waals surface area contributed by atoms with Gasteiger partial charge < -0.3 is 43.1 Å². The maximum absolute atomic E-state index is 13.3. The average molecular weight is 531 g/mol.